The molecule has 0 aliphatic rings. The van der Waals surface area contributed by atoms with Gasteiger partial charge in [-0.25, -0.2) is 4.99 Å². The van der Waals surface area contributed by atoms with Gasteiger partial charge in [-0.1, -0.05) is 0 Å². The third-order valence-electron chi connectivity index (χ3n) is 3.88. The maximum Gasteiger partial charge on any atom is 0.190 e. The molecule has 0 amide bonds. The van der Waals surface area contributed by atoms with Crippen LogP contribution < -0.4 is 31.3 Å². The monoisotopic (exact) mass is 449 g/mol. The first-order valence-electron chi connectivity index (χ1n) is 8.46. The SMILES string of the molecule is CCOc1ccc(N=c2scc(-c3ccc(OC)cc3)n2CCO)cc1.[Br-]. The van der Waals surface area contributed by atoms with Crippen molar-refractivity contribution in [1.82, 2.24) is 4.57 Å². The van der Waals surface area contributed by atoms with Gasteiger partial charge in [-0.05, 0) is 61.0 Å². The lowest BCUT2D eigenvalue weighted by Gasteiger charge is -2.08. The smallest absolute Gasteiger partial charge is 0.190 e. The molecule has 0 atom stereocenters. The first-order valence-corrected chi connectivity index (χ1v) is 9.34. The molecule has 0 radical (unpaired) electrons. The molecular weight excluding hydrogens is 428 g/mol. The minimum absolute atomic E-state index is 0. The van der Waals surface area contributed by atoms with Gasteiger partial charge in [0.2, 0.25) is 0 Å². The Kier molecular flexibility index (Phi) is 8.09. The Bertz CT molecular complexity index is 902. The fraction of sp³-hybridized carbons (Fsp3) is 0.250. The third kappa shape index (κ3) is 5.22. The highest BCUT2D eigenvalue weighted by atomic mass is 79.9. The van der Waals surface area contributed by atoms with E-state index in [1.807, 2.05) is 60.0 Å². The van der Waals surface area contributed by atoms with Crippen molar-refractivity contribution in [2.75, 3.05) is 20.3 Å². The van der Waals surface area contributed by atoms with Gasteiger partial charge in [-0.2, -0.15) is 0 Å². The predicted octanol–water partition coefficient (Wildman–Crippen LogP) is 0.853. The van der Waals surface area contributed by atoms with E-state index in [0.29, 0.717) is 13.2 Å². The Morgan fingerprint density at radius 1 is 1.04 bits per heavy atom. The predicted molar refractivity (Wildman–Crippen MR) is 104 cm³/mol. The van der Waals surface area contributed by atoms with Gasteiger partial charge < -0.3 is 36.1 Å². The van der Waals surface area contributed by atoms with Crippen molar-refractivity contribution in [3.63, 3.8) is 0 Å². The molecule has 0 aliphatic heterocycles. The summed E-state index contributed by atoms with van der Waals surface area (Å²) < 4.78 is 12.7. The van der Waals surface area contributed by atoms with Crippen molar-refractivity contribution in [1.29, 1.82) is 0 Å². The highest BCUT2D eigenvalue weighted by Gasteiger charge is 2.08. The van der Waals surface area contributed by atoms with Gasteiger partial charge in [0.15, 0.2) is 4.80 Å². The number of rotatable bonds is 7. The lowest BCUT2D eigenvalue weighted by molar-refractivity contribution is -0.00000722. The molecule has 27 heavy (non-hydrogen) atoms. The lowest BCUT2D eigenvalue weighted by Crippen LogP contribution is -3.00. The number of ether oxygens (including phenoxy) is 2. The average molecular weight is 450 g/mol. The molecule has 0 spiro atoms. The van der Waals surface area contributed by atoms with E-state index in [1.165, 1.54) is 0 Å². The zero-order chi connectivity index (χ0) is 18.4. The maximum atomic E-state index is 9.48. The second-order valence-electron chi connectivity index (χ2n) is 5.55. The van der Waals surface area contributed by atoms with Crippen LogP contribution in [0.15, 0.2) is 58.9 Å². The molecule has 1 aromatic heterocycles. The molecule has 0 saturated carbocycles. The maximum absolute atomic E-state index is 9.48. The van der Waals surface area contributed by atoms with Gasteiger partial charge in [0.1, 0.15) is 11.5 Å². The second-order valence-corrected chi connectivity index (χ2v) is 6.38. The molecule has 1 heterocycles. The summed E-state index contributed by atoms with van der Waals surface area (Å²) in [5.41, 5.74) is 2.93. The average Bonchev–Trinajstić information content (AvgIpc) is 3.06. The molecule has 0 fully saturated rings. The zero-order valence-electron chi connectivity index (χ0n) is 15.3. The Labute approximate surface area is 173 Å². The lowest BCUT2D eigenvalue weighted by atomic mass is 10.1. The van der Waals surface area contributed by atoms with Crippen LogP contribution in [0.5, 0.6) is 11.5 Å². The highest BCUT2D eigenvalue weighted by Crippen LogP contribution is 2.24. The zero-order valence-corrected chi connectivity index (χ0v) is 17.7. The second kappa shape index (κ2) is 10.3. The molecule has 5 nitrogen and oxygen atoms in total. The topological polar surface area (TPSA) is 56.0 Å². The number of benzene rings is 2. The molecule has 0 saturated heterocycles. The van der Waals surface area contributed by atoms with Crippen LogP contribution in [0.2, 0.25) is 0 Å². The van der Waals surface area contributed by atoms with Crippen molar-refractivity contribution in [2.24, 2.45) is 4.99 Å². The van der Waals surface area contributed by atoms with E-state index in [2.05, 4.69) is 5.38 Å². The highest BCUT2D eigenvalue weighted by molar-refractivity contribution is 7.07. The first kappa shape index (κ1) is 21.2. The number of aromatic nitrogens is 1. The number of methoxy groups -OCH3 is 1. The van der Waals surface area contributed by atoms with Crippen LogP contribution in [0.1, 0.15) is 6.92 Å². The summed E-state index contributed by atoms with van der Waals surface area (Å²) in [6.07, 6.45) is 0. The molecule has 2 aromatic carbocycles. The van der Waals surface area contributed by atoms with Crippen molar-refractivity contribution in [3.05, 3.63) is 58.7 Å². The summed E-state index contributed by atoms with van der Waals surface area (Å²) in [4.78, 5) is 5.57. The van der Waals surface area contributed by atoms with Crippen LogP contribution in [0.3, 0.4) is 0 Å². The van der Waals surface area contributed by atoms with Crippen molar-refractivity contribution >= 4 is 17.0 Å². The van der Waals surface area contributed by atoms with Gasteiger partial charge in [-0.15, -0.1) is 11.3 Å². The number of hydrogen-bond donors (Lipinski definition) is 1. The minimum Gasteiger partial charge on any atom is -1.00 e. The normalized spacial score (nSPS) is 11.1. The van der Waals surface area contributed by atoms with E-state index in [-0.39, 0.29) is 23.6 Å². The quantitative estimate of drug-likeness (QED) is 0.581. The molecule has 144 valence electrons. The number of thiazole rings is 1. The summed E-state index contributed by atoms with van der Waals surface area (Å²) in [5, 5.41) is 11.5. The fourth-order valence-electron chi connectivity index (χ4n) is 2.62. The van der Waals surface area contributed by atoms with E-state index >= 15 is 0 Å². The Morgan fingerprint density at radius 2 is 1.70 bits per heavy atom. The van der Waals surface area contributed by atoms with Crippen molar-refractivity contribution in [2.45, 2.75) is 13.5 Å². The molecule has 0 bridgehead atoms. The molecular formula is C20H22BrN2O3S-. The van der Waals surface area contributed by atoms with Gasteiger partial charge in [0.05, 0.1) is 31.7 Å². The van der Waals surface area contributed by atoms with E-state index in [9.17, 15) is 5.11 Å². The number of nitrogens with zero attached hydrogens (tertiary/aromatic N) is 2. The van der Waals surface area contributed by atoms with Crippen LogP contribution in [0.4, 0.5) is 5.69 Å². The number of aliphatic hydroxyl groups is 1. The summed E-state index contributed by atoms with van der Waals surface area (Å²) in [7, 11) is 1.65. The molecule has 3 rings (SSSR count). The van der Waals surface area contributed by atoms with Crippen molar-refractivity contribution < 1.29 is 31.6 Å². The minimum atomic E-state index is 0. The summed E-state index contributed by atoms with van der Waals surface area (Å²) in [6, 6.07) is 15.6. The number of halogens is 1. The van der Waals surface area contributed by atoms with Crippen LogP contribution in [-0.4, -0.2) is 30.0 Å². The molecule has 0 unspecified atom stereocenters. The van der Waals surface area contributed by atoms with E-state index in [0.717, 1.165) is 33.2 Å². The van der Waals surface area contributed by atoms with Gasteiger partial charge >= 0.3 is 0 Å². The van der Waals surface area contributed by atoms with E-state index in [4.69, 9.17) is 14.5 Å². The first-order chi connectivity index (χ1) is 12.7. The summed E-state index contributed by atoms with van der Waals surface area (Å²) in [5.74, 6) is 1.65. The standard InChI is InChI=1S/C20H22N2O3S.BrH/c1-3-25-18-10-6-16(7-11-18)21-20-22(12-13-23)19(14-26-20)15-4-8-17(24-2)9-5-15;/h4-11,14,23H,3,12-13H2,1-2H3;1H/p-1. The molecule has 0 aliphatic carbocycles. The van der Waals surface area contributed by atoms with Crippen LogP contribution >= 0.6 is 11.3 Å². The Balaban J connectivity index is 0.00000261. The summed E-state index contributed by atoms with van der Waals surface area (Å²) in [6.45, 7) is 3.14. The molecule has 1 N–H and O–H groups in total. The van der Waals surface area contributed by atoms with E-state index < -0.39 is 0 Å². The van der Waals surface area contributed by atoms with E-state index in [1.54, 1.807) is 18.4 Å². The largest absolute Gasteiger partial charge is 1.00 e. The third-order valence-corrected chi connectivity index (χ3v) is 4.74. The molecule has 7 heteroatoms. The van der Waals surface area contributed by atoms with Crippen LogP contribution in [-0.2, 0) is 6.54 Å². The Hall–Kier alpha value is -2.09. The van der Waals surface area contributed by atoms with Crippen molar-refractivity contribution in [3.8, 4) is 22.8 Å². The fourth-order valence-corrected chi connectivity index (χ4v) is 3.58. The summed E-state index contributed by atoms with van der Waals surface area (Å²) >= 11 is 1.55. The van der Waals surface area contributed by atoms with Gasteiger partial charge in [-0.3, -0.25) is 0 Å². The van der Waals surface area contributed by atoms with Gasteiger partial charge in [0, 0.05) is 11.9 Å². The Morgan fingerprint density at radius 3 is 2.30 bits per heavy atom. The van der Waals surface area contributed by atoms with Crippen LogP contribution in [0.25, 0.3) is 11.3 Å². The molecule has 3 aromatic rings. The number of aliphatic hydroxyl groups excluding tert-OH is 1. The van der Waals surface area contributed by atoms with Crippen LogP contribution in [0, 0.1) is 0 Å². The number of hydrogen-bond acceptors (Lipinski definition) is 5. The van der Waals surface area contributed by atoms with Gasteiger partial charge in [0.25, 0.3) is 0 Å².